The van der Waals surface area contributed by atoms with Gasteiger partial charge in [-0.15, -0.1) is 0 Å². The summed E-state index contributed by atoms with van der Waals surface area (Å²) in [4.78, 5) is 0. The monoisotopic (exact) mass is 176 g/mol. The zero-order chi connectivity index (χ0) is 8.04. The van der Waals surface area contributed by atoms with Gasteiger partial charge in [0.15, 0.2) is 8.32 Å². The normalized spacial score (nSPS) is 12.3. The fourth-order valence-electron chi connectivity index (χ4n) is 1.39. The standard InChI is InChI=1S/C7H20OSi2/c1-4-6-10(3,8-9)7-5-2/h4-7H2,1-3,9H3. The van der Waals surface area contributed by atoms with Gasteiger partial charge in [0.1, 0.15) is 10.5 Å². The lowest BCUT2D eigenvalue weighted by Gasteiger charge is -2.24. The first-order valence-electron chi connectivity index (χ1n) is 4.23. The van der Waals surface area contributed by atoms with E-state index in [2.05, 4.69) is 20.4 Å². The van der Waals surface area contributed by atoms with E-state index in [0.717, 1.165) is 10.5 Å². The van der Waals surface area contributed by atoms with Crippen LogP contribution >= 0.6 is 0 Å². The Morgan fingerprint density at radius 2 is 1.60 bits per heavy atom. The molecule has 10 heavy (non-hydrogen) atoms. The van der Waals surface area contributed by atoms with Gasteiger partial charge in [-0.25, -0.2) is 0 Å². The summed E-state index contributed by atoms with van der Waals surface area (Å²) in [7, 11) is -0.225. The van der Waals surface area contributed by atoms with Crippen LogP contribution in [0.5, 0.6) is 0 Å². The second-order valence-electron chi connectivity index (χ2n) is 3.15. The summed E-state index contributed by atoms with van der Waals surface area (Å²) < 4.78 is 5.70. The van der Waals surface area contributed by atoms with Crippen molar-refractivity contribution in [2.24, 2.45) is 0 Å². The molecule has 0 spiro atoms. The molecule has 1 nitrogen and oxygen atoms in total. The average Bonchev–Trinajstić information content (AvgIpc) is 1.89. The Kier molecular flexibility index (Phi) is 5.30. The minimum absolute atomic E-state index is 0.937. The summed E-state index contributed by atoms with van der Waals surface area (Å²) >= 11 is 0. The van der Waals surface area contributed by atoms with E-state index >= 15 is 0 Å². The predicted octanol–water partition coefficient (Wildman–Crippen LogP) is 1.68. The summed E-state index contributed by atoms with van der Waals surface area (Å²) in [6, 6.07) is 2.70. The minimum atomic E-state index is -1.16. The van der Waals surface area contributed by atoms with E-state index in [1.807, 2.05) is 0 Å². The largest absolute Gasteiger partial charge is 0.463 e. The van der Waals surface area contributed by atoms with Crippen LogP contribution in [-0.2, 0) is 4.12 Å². The van der Waals surface area contributed by atoms with E-state index in [0.29, 0.717) is 0 Å². The third-order valence-corrected chi connectivity index (χ3v) is 9.11. The number of hydrogen-bond donors (Lipinski definition) is 0. The maximum absolute atomic E-state index is 5.70. The van der Waals surface area contributed by atoms with Crippen molar-refractivity contribution >= 4 is 18.8 Å². The van der Waals surface area contributed by atoms with Crippen LogP contribution in [0, 0.1) is 0 Å². The van der Waals surface area contributed by atoms with Gasteiger partial charge >= 0.3 is 0 Å². The van der Waals surface area contributed by atoms with Crippen LogP contribution in [0.2, 0.25) is 18.6 Å². The van der Waals surface area contributed by atoms with Gasteiger partial charge in [-0.3, -0.25) is 0 Å². The number of rotatable bonds is 5. The summed E-state index contributed by atoms with van der Waals surface area (Å²) in [6.07, 6.45) is 2.59. The topological polar surface area (TPSA) is 9.23 Å². The SMILES string of the molecule is CCC[Si](C)(CCC)O[SiH3]. The maximum Gasteiger partial charge on any atom is 0.175 e. The fourth-order valence-corrected chi connectivity index (χ4v) is 5.39. The zero-order valence-electron chi connectivity index (χ0n) is 7.74. The molecule has 0 rings (SSSR count). The van der Waals surface area contributed by atoms with Crippen molar-refractivity contribution in [2.45, 2.75) is 45.3 Å². The van der Waals surface area contributed by atoms with Crippen LogP contribution in [0.1, 0.15) is 26.7 Å². The molecule has 0 saturated carbocycles. The first kappa shape index (κ1) is 10.4. The fraction of sp³-hybridized carbons (Fsp3) is 1.00. The summed E-state index contributed by atoms with van der Waals surface area (Å²) in [5, 5.41) is 0. The molecule has 0 aromatic rings. The molecular formula is C7H20OSi2. The smallest absolute Gasteiger partial charge is 0.175 e. The van der Waals surface area contributed by atoms with Crippen LogP contribution in [-0.4, -0.2) is 18.8 Å². The van der Waals surface area contributed by atoms with Crippen LogP contribution in [0.25, 0.3) is 0 Å². The molecule has 62 valence electrons. The van der Waals surface area contributed by atoms with Gasteiger partial charge in [-0.05, 0) is 18.6 Å². The molecule has 0 atom stereocenters. The van der Waals surface area contributed by atoms with Gasteiger partial charge in [-0.1, -0.05) is 26.7 Å². The van der Waals surface area contributed by atoms with Gasteiger partial charge in [-0.2, -0.15) is 0 Å². The molecule has 0 aromatic heterocycles. The molecule has 0 heterocycles. The highest BCUT2D eigenvalue weighted by Crippen LogP contribution is 2.19. The maximum atomic E-state index is 5.70. The molecule has 0 aliphatic carbocycles. The summed E-state index contributed by atoms with van der Waals surface area (Å²) in [6.45, 7) is 6.87. The summed E-state index contributed by atoms with van der Waals surface area (Å²) in [5.41, 5.74) is 0. The van der Waals surface area contributed by atoms with Gasteiger partial charge in [0.25, 0.3) is 0 Å². The Balaban J connectivity index is 3.69. The van der Waals surface area contributed by atoms with Crippen molar-refractivity contribution in [1.82, 2.24) is 0 Å². The van der Waals surface area contributed by atoms with Gasteiger partial charge < -0.3 is 4.12 Å². The molecule has 0 N–H and O–H groups in total. The van der Waals surface area contributed by atoms with Crippen molar-refractivity contribution in [3.8, 4) is 0 Å². The van der Waals surface area contributed by atoms with Gasteiger partial charge in [0, 0.05) is 0 Å². The van der Waals surface area contributed by atoms with Crippen LogP contribution in [0.4, 0.5) is 0 Å². The Morgan fingerprint density at radius 1 is 1.20 bits per heavy atom. The van der Waals surface area contributed by atoms with E-state index in [1.165, 1.54) is 24.9 Å². The summed E-state index contributed by atoms with van der Waals surface area (Å²) in [5.74, 6) is 0. The second-order valence-corrected chi connectivity index (χ2v) is 8.69. The zero-order valence-corrected chi connectivity index (χ0v) is 10.7. The Bertz CT molecular complexity index is 79.7. The van der Waals surface area contributed by atoms with Crippen molar-refractivity contribution in [3.63, 3.8) is 0 Å². The van der Waals surface area contributed by atoms with Crippen LogP contribution in [0.15, 0.2) is 0 Å². The molecule has 0 unspecified atom stereocenters. The lowest BCUT2D eigenvalue weighted by molar-refractivity contribution is 0.586. The first-order valence-corrected chi connectivity index (χ1v) is 7.87. The Labute approximate surface area is 68.8 Å². The molecule has 0 bridgehead atoms. The van der Waals surface area contributed by atoms with Gasteiger partial charge in [0.05, 0.1) is 0 Å². The minimum Gasteiger partial charge on any atom is -0.463 e. The van der Waals surface area contributed by atoms with Crippen LogP contribution < -0.4 is 0 Å². The predicted molar refractivity (Wildman–Crippen MR) is 52.8 cm³/mol. The Hall–Kier alpha value is 0.394. The van der Waals surface area contributed by atoms with E-state index in [9.17, 15) is 0 Å². The third kappa shape index (κ3) is 3.53. The molecule has 0 aliphatic rings. The molecule has 0 fully saturated rings. The molecule has 3 heteroatoms. The highest BCUT2D eigenvalue weighted by atomic mass is 28.4. The number of hydrogen-bond acceptors (Lipinski definition) is 1. The van der Waals surface area contributed by atoms with Gasteiger partial charge in [0.2, 0.25) is 0 Å². The van der Waals surface area contributed by atoms with E-state index < -0.39 is 8.32 Å². The van der Waals surface area contributed by atoms with Crippen LogP contribution in [0.3, 0.4) is 0 Å². The van der Waals surface area contributed by atoms with Crippen molar-refractivity contribution in [3.05, 3.63) is 0 Å². The third-order valence-electron chi connectivity index (χ3n) is 2.05. The van der Waals surface area contributed by atoms with E-state index in [4.69, 9.17) is 4.12 Å². The second kappa shape index (κ2) is 5.10. The Morgan fingerprint density at radius 3 is 1.80 bits per heavy atom. The average molecular weight is 176 g/mol. The van der Waals surface area contributed by atoms with E-state index in [1.54, 1.807) is 0 Å². The van der Waals surface area contributed by atoms with Crippen molar-refractivity contribution < 1.29 is 4.12 Å². The molecule has 0 aromatic carbocycles. The van der Waals surface area contributed by atoms with Crippen molar-refractivity contribution in [1.29, 1.82) is 0 Å². The van der Waals surface area contributed by atoms with Crippen molar-refractivity contribution in [2.75, 3.05) is 0 Å². The molecule has 0 saturated heterocycles. The quantitative estimate of drug-likeness (QED) is 0.579. The molecule has 0 amide bonds. The lowest BCUT2D eigenvalue weighted by Crippen LogP contribution is -2.32. The highest BCUT2D eigenvalue weighted by Gasteiger charge is 2.23. The van der Waals surface area contributed by atoms with E-state index in [-0.39, 0.29) is 0 Å². The molecule has 0 aliphatic heterocycles. The first-order chi connectivity index (χ1) is 4.68. The lowest BCUT2D eigenvalue weighted by atomic mass is 10.6. The highest BCUT2D eigenvalue weighted by molar-refractivity contribution is 6.74. The molecule has 0 radical (unpaired) electrons. The molecular weight excluding hydrogens is 156 g/mol.